The topological polar surface area (TPSA) is 61.8 Å². The van der Waals surface area contributed by atoms with Crippen LogP contribution < -0.4 is 4.74 Å². The van der Waals surface area contributed by atoms with Crippen LogP contribution in [0.3, 0.4) is 0 Å². The molecular weight excluding hydrogens is 332 g/mol. The van der Waals surface area contributed by atoms with Gasteiger partial charge in [0.2, 0.25) is 0 Å². The van der Waals surface area contributed by atoms with E-state index in [0.717, 1.165) is 11.1 Å². The normalized spacial score (nSPS) is 12.5. The van der Waals surface area contributed by atoms with Crippen molar-refractivity contribution >= 4 is 18.0 Å². The molecule has 26 heavy (non-hydrogen) atoms. The van der Waals surface area contributed by atoms with E-state index < -0.39 is 5.97 Å². The fraction of sp³-hybridized carbons (Fsp3) is 0.238. The van der Waals surface area contributed by atoms with Crippen molar-refractivity contribution in [3.63, 3.8) is 0 Å². The summed E-state index contributed by atoms with van der Waals surface area (Å²) in [5.41, 5.74) is 3.27. The van der Waals surface area contributed by atoms with Crippen molar-refractivity contribution in [2.75, 3.05) is 13.2 Å². The van der Waals surface area contributed by atoms with Crippen molar-refractivity contribution < 1.29 is 23.8 Å². The summed E-state index contributed by atoms with van der Waals surface area (Å²) < 4.78 is 16.1. The van der Waals surface area contributed by atoms with Crippen LogP contribution in [-0.2, 0) is 20.9 Å². The maximum Gasteiger partial charge on any atom is 0.338 e. The molecule has 0 amide bonds. The van der Waals surface area contributed by atoms with E-state index >= 15 is 0 Å². The van der Waals surface area contributed by atoms with E-state index in [1.165, 1.54) is 0 Å². The first-order chi connectivity index (χ1) is 12.6. The Bertz CT molecular complexity index is 852. The molecule has 2 aromatic carbocycles. The number of esters is 2. The number of benzene rings is 2. The predicted molar refractivity (Wildman–Crippen MR) is 96.8 cm³/mol. The van der Waals surface area contributed by atoms with Gasteiger partial charge >= 0.3 is 11.9 Å². The lowest BCUT2D eigenvalue weighted by Crippen LogP contribution is -2.18. The fourth-order valence-corrected chi connectivity index (χ4v) is 2.76. The lowest BCUT2D eigenvalue weighted by Gasteiger charge is -2.20. The second kappa shape index (κ2) is 7.87. The van der Waals surface area contributed by atoms with Gasteiger partial charge in [0.05, 0.1) is 17.7 Å². The average Bonchev–Trinajstić information content (AvgIpc) is 2.67. The number of rotatable bonds is 5. The second-order valence-electron chi connectivity index (χ2n) is 5.90. The Morgan fingerprint density at radius 1 is 1.04 bits per heavy atom. The zero-order chi connectivity index (χ0) is 18.5. The van der Waals surface area contributed by atoms with E-state index in [1.54, 1.807) is 32.1 Å². The summed E-state index contributed by atoms with van der Waals surface area (Å²) in [7, 11) is 0. The maximum atomic E-state index is 12.4. The van der Waals surface area contributed by atoms with Gasteiger partial charge in [0.15, 0.2) is 0 Å². The van der Waals surface area contributed by atoms with Crippen molar-refractivity contribution in [2.24, 2.45) is 0 Å². The molecule has 0 N–H and O–H groups in total. The lowest BCUT2D eigenvalue weighted by molar-refractivity contribution is -0.138. The molecule has 1 heterocycles. The van der Waals surface area contributed by atoms with E-state index in [2.05, 4.69) is 0 Å². The van der Waals surface area contributed by atoms with Crippen LogP contribution in [0, 0.1) is 6.92 Å². The number of hydrogen-bond donors (Lipinski definition) is 0. The Balaban J connectivity index is 1.77. The molecule has 0 aromatic heterocycles. The molecule has 0 atom stereocenters. The SMILES string of the molecule is CCOC(=O)C1=Cc2ccc(C(=O)OCc3ccccc3)c(C)c2OC1. The van der Waals surface area contributed by atoms with E-state index in [-0.39, 0.29) is 19.2 Å². The molecule has 5 heteroatoms. The number of carbonyl (C=O) groups excluding carboxylic acids is 2. The van der Waals surface area contributed by atoms with E-state index in [1.807, 2.05) is 30.3 Å². The number of fused-ring (bicyclic) bond motifs is 1. The highest BCUT2D eigenvalue weighted by atomic mass is 16.5. The van der Waals surface area contributed by atoms with Gasteiger partial charge in [-0.05, 0) is 31.6 Å². The van der Waals surface area contributed by atoms with Gasteiger partial charge in [0.1, 0.15) is 19.0 Å². The molecule has 0 unspecified atom stereocenters. The van der Waals surface area contributed by atoms with Gasteiger partial charge in [-0.15, -0.1) is 0 Å². The molecule has 1 aliphatic rings. The molecule has 3 rings (SSSR count). The molecule has 1 aliphatic heterocycles. The standard InChI is InChI=1S/C21H20O5/c1-3-24-20(22)17-11-16-9-10-18(14(2)19(16)25-13-17)21(23)26-12-15-7-5-4-6-8-15/h4-11H,3,12-13H2,1-2H3. The van der Waals surface area contributed by atoms with Crippen LogP contribution in [-0.4, -0.2) is 25.2 Å². The van der Waals surface area contributed by atoms with Gasteiger partial charge in [0.25, 0.3) is 0 Å². The van der Waals surface area contributed by atoms with E-state index in [4.69, 9.17) is 14.2 Å². The van der Waals surface area contributed by atoms with Crippen LogP contribution in [0.2, 0.25) is 0 Å². The first-order valence-corrected chi connectivity index (χ1v) is 8.45. The van der Waals surface area contributed by atoms with Crippen LogP contribution in [0.15, 0.2) is 48.0 Å². The third kappa shape index (κ3) is 3.77. The number of ether oxygens (including phenoxy) is 3. The number of carbonyl (C=O) groups is 2. The Morgan fingerprint density at radius 2 is 1.81 bits per heavy atom. The van der Waals surface area contributed by atoms with Gasteiger partial charge in [-0.1, -0.05) is 36.4 Å². The Morgan fingerprint density at radius 3 is 2.54 bits per heavy atom. The minimum atomic E-state index is -0.405. The van der Waals surface area contributed by atoms with Gasteiger partial charge < -0.3 is 14.2 Å². The van der Waals surface area contributed by atoms with Crippen molar-refractivity contribution in [1.82, 2.24) is 0 Å². The summed E-state index contributed by atoms with van der Waals surface area (Å²) in [4.78, 5) is 24.3. The zero-order valence-corrected chi connectivity index (χ0v) is 14.8. The highest BCUT2D eigenvalue weighted by molar-refractivity contribution is 5.97. The van der Waals surface area contributed by atoms with Gasteiger partial charge in [0, 0.05) is 11.1 Å². The molecule has 0 aliphatic carbocycles. The molecule has 0 saturated heterocycles. The number of hydrogen-bond acceptors (Lipinski definition) is 5. The third-order valence-electron chi connectivity index (χ3n) is 4.11. The van der Waals surface area contributed by atoms with Gasteiger partial charge in [-0.25, -0.2) is 9.59 Å². The highest BCUT2D eigenvalue weighted by Gasteiger charge is 2.23. The predicted octanol–water partition coefficient (Wildman–Crippen LogP) is 3.69. The summed E-state index contributed by atoms with van der Waals surface area (Å²) >= 11 is 0. The first-order valence-electron chi connectivity index (χ1n) is 8.45. The highest BCUT2D eigenvalue weighted by Crippen LogP contribution is 2.32. The van der Waals surface area contributed by atoms with E-state index in [9.17, 15) is 9.59 Å². The van der Waals surface area contributed by atoms with Crippen LogP contribution in [0.25, 0.3) is 6.08 Å². The molecule has 2 aromatic rings. The summed E-state index contributed by atoms with van der Waals surface area (Å²) in [6, 6.07) is 12.9. The molecular formula is C21H20O5. The Hall–Kier alpha value is -3.08. The van der Waals surface area contributed by atoms with Crippen LogP contribution in [0.1, 0.15) is 34.0 Å². The first kappa shape index (κ1) is 17.7. The summed E-state index contributed by atoms with van der Waals surface area (Å²) in [5.74, 6) is -0.202. The molecule has 0 spiro atoms. The molecule has 5 nitrogen and oxygen atoms in total. The van der Waals surface area contributed by atoms with Crippen LogP contribution in [0.4, 0.5) is 0 Å². The largest absolute Gasteiger partial charge is 0.488 e. The van der Waals surface area contributed by atoms with Gasteiger partial charge in [-0.3, -0.25) is 0 Å². The smallest absolute Gasteiger partial charge is 0.338 e. The molecule has 0 bridgehead atoms. The fourth-order valence-electron chi connectivity index (χ4n) is 2.76. The summed E-state index contributed by atoms with van der Waals surface area (Å²) in [6.45, 7) is 4.21. The minimum absolute atomic E-state index is 0.120. The molecule has 134 valence electrons. The van der Waals surface area contributed by atoms with E-state index in [0.29, 0.717) is 29.1 Å². The van der Waals surface area contributed by atoms with Crippen molar-refractivity contribution in [3.05, 3.63) is 70.3 Å². The Labute approximate surface area is 152 Å². The average molecular weight is 352 g/mol. The van der Waals surface area contributed by atoms with Crippen LogP contribution in [0.5, 0.6) is 5.75 Å². The summed E-state index contributed by atoms with van der Waals surface area (Å²) in [6.07, 6.45) is 1.74. The second-order valence-corrected chi connectivity index (χ2v) is 5.90. The maximum absolute atomic E-state index is 12.4. The van der Waals surface area contributed by atoms with Crippen molar-refractivity contribution in [2.45, 2.75) is 20.5 Å². The van der Waals surface area contributed by atoms with Crippen molar-refractivity contribution in [3.8, 4) is 5.75 Å². The molecule has 0 fully saturated rings. The van der Waals surface area contributed by atoms with Gasteiger partial charge in [-0.2, -0.15) is 0 Å². The minimum Gasteiger partial charge on any atom is -0.488 e. The monoisotopic (exact) mass is 352 g/mol. The Kier molecular flexibility index (Phi) is 5.37. The summed E-state index contributed by atoms with van der Waals surface area (Å²) in [5, 5.41) is 0. The zero-order valence-electron chi connectivity index (χ0n) is 14.8. The quantitative estimate of drug-likeness (QED) is 0.768. The molecule has 0 radical (unpaired) electrons. The third-order valence-corrected chi connectivity index (χ3v) is 4.11. The van der Waals surface area contributed by atoms with Crippen LogP contribution >= 0.6 is 0 Å². The lowest BCUT2D eigenvalue weighted by atomic mass is 10.00. The van der Waals surface area contributed by atoms with Crippen molar-refractivity contribution in [1.29, 1.82) is 0 Å². The molecule has 0 saturated carbocycles.